The molecule has 3 heterocycles. The molecule has 0 bridgehead atoms. The molecule has 3 aromatic rings. The summed E-state index contributed by atoms with van der Waals surface area (Å²) in [6.07, 6.45) is 15.0. The van der Waals surface area contributed by atoms with Crippen LogP contribution in [0.25, 0.3) is 10.9 Å². The number of terminal acetylenes is 1. The molecule has 0 radical (unpaired) electrons. The Balaban J connectivity index is 1.41. The summed E-state index contributed by atoms with van der Waals surface area (Å²) in [4.78, 5) is 24.1. The number of amides is 1. The number of anilines is 3. The highest BCUT2D eigenvalue weighted by molar-refractivity contribution is 6.03. The topological polar surface area (TPSA) is 88.6 Å². The van der Waals surface area contributed by atoms with Gasteiger partial charge in [0.1, 0.15) is 24.0 Å². The number of aromatic nitrogens is 2. The molecule has 2 aliphatic heterocycles. The van der Waals surface area contributed by atoms with Gasteiger partial charge in [-0.2, -0.15) is 0 Å². The van der Waals surface area contributed by atoms with E-state index in [9.17, 15) is 4.79 Å². The number of benzene rings is 2. The van der Waals surface area contributed by atoms with Crippen molar-refractivity contribution in [3.05, 3.63) is 60.4 Å². The molecule has 0 spiro atoms. The second-order valence-electron chi connectivity index (χ2n) is 9.29. The maximum atomic E-state index is 12.9. The van der Waals surface area contributed by atoms with Crippen LogP contribution in [0.3, 0.4) is 0 Å². The van der Waals surface area contributed by atoms with Gasteiger partial charge >= 0.3 is 0 Å². The third-order valence-corrected chi connectivity index (χ3v) is 6.55. The van der Waals surface area contributed by atoms with E-state index in [4.69, 9.17) is 15.9 Å². The third kappa shape index (κ3) is 6.45. The van der Waals surface area contributed by atoms with Gasteiger partial charge in [-0.25, -0.2) is 9.97 Å². The second-order valence-corrected chi connectivity index (χ2v) is 9.29. The van der Waals surface area contributed by atoms with Gasteiger partial charge in [-0.1, -0.05) is 24.5 Å². The Bertz CT molecular complexity index is 1320. The smallest absolute Gasteiger partial charge is 0.248 e. The standard InChI is InChI=1S/C29H31N5O3/c1-2-21-8-6-9-22(16-21)32-29-24-17-26(33-28(35)10-7-14-34-12-4-3-5-13-34)27(18-25(24)30-20-31-29)37-23-11-15-36-19-23/h1,6-10,16-18,20,23H,3-5,11-15,19H2,(H,33,35)(H,30,31,32)/b10-7+/t23-/m0/s1. The Kier molecular flexibility index (Phi) is 7.94. The monoisotopic (exact) mass is 497 g/mol. The molecule has 1 amide bonds. The first-order valence-electron chi connectivity index (χ1n) is 12.7. The predicted octanol–water partition coefficient (Wildman–Crippen LogP) is 4.50. The van der Waals surface area contributed by atoms with Crippen LogP contribution in [-0.2, 0) is 9.53 Å². The average Bonchev–Trinajstić information content (AvgIpc) is 3.43. The fraction of sp³-hybridized carbons (Fsp3) is 0.345. The molecule has 0 saturated carbocycles. The van der Waals surface area contributed by atoms with E-state index in [2.05, 4.69) is 31.4 Å². The van der Waals surface area contributed by atoms with Crippen molar-refractivity contribution in [1.82, 2.24) is 14.9 Å². The summed E-state index contributed by atoms with van der Waals surface area (Å²) in [6.45, 7) is 4.11. The average molecular weight is 498 g/mol. The van der Waals surface area contributed by atoms with Gasteiger partial charge in [-0.15, -0.1) is 6.42 Å². The Morgan fingerprint density at radius 2 is 2.11 bits per heavy atom. The molecule has 8 nitrogen and oxygen atoms in total. The minimum Gasteiger partial charge on any atom is -0.486 e. The van der Waals surface area contributed by atoms with Gasteiger partial charge in [0, 0.05) is 41.7 Å². The number of fused-ring (bicyclic) bond motifs is 1. The summed E-state index contributed by atoms with van der Waals surface area (Å²) in [5.74, 6) is 3.59. The fourth-order valence-corrected chi connectivity index (χ4v) is 4.61. The maximum absolute atomic E-state index is 12.9. The number of piperidine rings is 1. The molecule has 190 valence electrons. The highest BCUT2D eigenvalue weighted by Crippen LogP contribution is 2.34. The van der Waals surface area contributed by atoms with Crippen LogP contribution < -0.4 is 15.4 Å². The van der Waals surface area contributed by atoms with Gasteiger partial charge in [0.15, 0.2) is 0 Å². The number of nitrogens with zero attached hydrogens (tertiary/aromatic N) is 3. The van der Waals surface area contributed by atoms with Crippen molar-refractivity contribution >= 4 is 34.0 Å². The van der Waals surface area contributed by atoms with E-state index in [1.807, 2.05) is 42.5 Å². The SMILES string of the molecule is C#Cc1cccc(Nc2ncnc3cc(O[C@H]4CCOC4)c(NC(=O)/C=C/CN4CCCCC4)cc23)c1. The molecule has 2 aliphatic rings. The van der Waals surface area contributed by atoms with Crippen molar-refractivity contribution in [3.63, 3.8) is 0 Å². The zero-order chi connectivity index (χ0) is 25.5. The summed E-state index contributed by atoms with van der Waals surface area (Å²) in [5.41, 5.74) is 2.83. The zero-order valence-electron chi connectivity index (χ0n) is 20.8. The molecule has 2 fully saturated rings. The maximum Gasteiger partial charge on any atom is 0.248 e. The fourth-order valence-electron chi connectivity index (χ4n) is 4.61. The second kappa shape index (κ2) is 11.9. The Hall–Kier alpha value is -3.93. The third-order valence-electron chi connectivity index (χ3n) is 6.55. The van der Waals surface area contributed by atoms with Crippen molar-refractivity contribution in [2.75, 3.05) is 43.5 Å². The molecule has 1 aromatic heterocycles. The lowest BCUT2D eigenvalue weighted by atomic mass is 10.1. The summed E-state index contributed by atoms with van der Waals surface area (Å²) in [6, 6.07) is 11.2. The van der Waals surface area contributed by atoms with E-state index in [1.165, 1.54) is 25.6 Å². The summed E-state index contributed by atoms with van der Waals surface area (Å²) >= 11 is 0. The van der Waals surface area contributed by atoms with Crippen LogP contribution in [0.1, 0.15) is 31.2 Å². The van der Waals surface area contributed by atoms with E-state index >= 15 is 0 Å². The Morgan fingerprint density at radius 1 is 1.22 bits per heavy atom. The van der Waals surface area contributed by atoms with Crippen molar-refractivity contribution in [2.24, 2.45) is 0 Å². The normalized spacial score (nSPS) is 18.1. The lowest BCUT2D eigenvalue weighted by Gasteiger charge is -2.24. The number of nitrogens with one attached hydrogen (secondary N) is 2. The van der Waals surface area contributed by atoms with Gasteiger partial charge < -0.3 is 20.1 Å². The number of ether oxygens (including phenoxy) is 2. The van der Waals surface area contributed by atoms with E-state index < -0.39 is 0 Å². The van der Waals surface area contributed by atoms with Crippen LogP contribution in [0.2, 0.25) is 0 Å². The summed E-state index contributed by atoms with van der Waals surface area (Å²) < 4.78 is 11.7. The van der Waals surface area contributed by atoms with Crippen molar-refractivity contribution < 1.29 is 14.3 Å². The van der Waals surface area contributed by atoms with Crippen molar-refractivity contribution in [3.8, 4) is 18.1 Å². The van der Waals surface area contributed by atoms with Crippen LogP contribution in [0, 0.1) is 12.3 Å². The minimum absolute atomic E-state index is 0.0753. The lowest BCUT2D eigenvalue weighted by Crippen LogP contribution is -2.29. The Labute approximate surface area is 217 Å². The predicted molar refractivity (Wildman–Crippen MR) is 145 cm³/mol. The van der Waals surface area contributed by atoms with E-state index in [0.29, 0.717) is 36.0 Å². The lowest BCUT2D eigenvalue weighted by molar-refractivity contribution is -0.111. The van der Waals surface area contributed by atoms with Gasteiger partial charge in [0.05, 0.1) is 24.4 Å². The van der Waals surface area contributed by atoms with Gasteiger partial charge in [-0.05, 0) is 50.2 Å². The van der Waals surface area contributed by atoms with Gasteiger partial charge in [0.25, 0.3) is 0 Å². The molecule has 0 aliphatic carbocycles. The molecule has 2 N–H and O–H groups in total. The number of hydrogen-bond acceptors (Lipinski definition) is 7. The molecule has 0 unspecified atom stereocenters. The number of likely N-dealkylation sites (tertiary alicyclic amines) is 1. The first-order chi connectivity index (χ1) is 18.2. The number of carbonyl (C=O) groups excluding carboxylic acids is 1. The van der Waals surface area contributed by atoms with E-state index in [0.717, 1.165) is 42.7 Å². The highest BCUT2D eigenvalue weighted by Gasteiger charge is 2.21. The van der Waals surface area contributed by atoms with Crippen LogP contribution in [-0.4, -0.2) is 59.7 Å². The largest absolute Gasteiger partial charge is 0.486 e. The molecule has 8 heteroatoms. The van der Waals surface area contributed by atoms with Gasteiger partial charge in [0.2, 0.25) is 5.91 Å². The summed E-state index contributed by atoms with van der Waals surface area (Å²) in [7, 11) is 0. The van der Waals surface area contributed by atoms with E-state index in [1.54, 1.807) is 6.08 Å². The van der Waals surface area contributed by atoms with E-state index in [-0.39, 0.29) is 12.0 Å². The van der Waals surface area contributed by atoms with Gasteiger partial charge in [-0.3, -0.25) is 9.69 Å². The van der Waals surface area contributed by atoms with Crippen LogP contribution in [0.5, 0.6) is 5.75 Å². The first kappa shape index (κ1) is 24.8. The minimum atomic E-state index is -0.211. The molecule has 5 rings (SSSR count). The number of rotatable bonds is 8. The van der Waals surface area contributed by atoms with Crippen LogP contribution in [0.4, 0.5) is 17.2 Å². The number of hydrogen-bond donors (Lipinski definition) is 2. The molecule has 2 saturated heterocycles. The number of carbonyl (C=O) groups is 1. The van der Waals surface area contributed by atoms with Crippen molar-refractivity contribution in [1.29, 1.82) is 0 Å². The first-order valence-corrected chi connectivity index (χ1v) is 12.7. The highest BCUT2D eigenvalue weighted by atomic mass is 16.5. The van der Waals surface area contributed by atoms with Crippen molar-refractivity contribution in [2.45, 2.75) is 31.8 Å². The molecule has 37 heavy (non-hydrogen) atoms. The van der Waals surface area contributed by atoms with Crippen LogP contribution in [0.15, 0.2) is 54.9 Å². The molecular formula is C29H31N5O3. The Morgan fingerprint density at radius 3 is 2.92 bits per heavy atom. The molecular weight excluding hydrogens is 466 g/mol. The molecule has 2 aromatic carbocycles. The molecule has 1 atom stereocenters. The zero-order valence-corrected chi connectivity index (χ0v) is 20.8. The van der Waals surface area contributed by atoms with Crippen LogP contribution >= 0.6 is 0 Å². The quantitative estimate of drug-likeness (QED) is 0.350. The summed E-state index contributed by atoms with van der Waals surface area (Å²) in [5, 5.41) is 7.08.